The number of carboxylic acids is 1. The highest BCUT2D eigenvalue weighted by Gasteiger charge is 2.45. The molecule has 0 aliphatic heterocycles. The van der Waals surface area contributed by atoms with E-state index in [9.17, 15) is 14.7 Å². The summed E-state index contributed by atoms with van der Waals surface area (Å²) in [6.07, 6.45) is 1.30. The van der Waals surface area contributed by atoms with Crippen molar-refractivity contribution in [2.24, 2.45) is 5.92 Å². The number of carbonyl (C=O) groups excluding carboxylic acids is 1. The molecule has 3 aromatic rings. The van der Waals surface area contributed by atoms with Gasteiger partial charge in [0.1, 0.15) is 5.75 Å². The van der Waals surface area contributed by atoms with Gasteiger partial charge in [-0.25, -0.2) is 0 Å². The normalized spacial score (nSPS) is 16.7. The van der Waals surface area contributed by atoms with Crippen LogP contribution in [0.5, 0.6) is 5.75 Å². The lowest BCUT2D eigenvalue weighted by molar-refractivity contribution is -0.138. The molecule has 0 saturated heterocycles. The van der Waals surface area contributed by atoms with Crippen LogP contribution in [0, 0.1) is 19.8 Å². The standard InChI is InChI=1S/C27H25Cl2NO4/c1-15-10-19(34-9-8-17-6-4-3-5-7-17)11-16(2)24(15)26(31)30-18-12-21(25(29)23(28)13-18)20-14-22(20)27(32)33/h3-7,10-13,20,22H,8-9,14H2,1-2H3,(H,30,31)(H,32,33)/t20-,22-/m0/s1. The van der Waals surface area contributed by atoms with Crippen molar-refractivity contribution in [3.05, 3.63) is 92.5 Å². The van der Waals surface area contributed by atoms with Crippen molar-refractivity contribution in [1.29, 1.82) is 0 Å². The minimum Gasteiger partial charge on any atom is -0.493 e. The van der Waals surface area contributed by atoms with Crippen molar-refractivity contribution in [3.8, 4) is 5.75 Å². The van der Waals surface area contributed by atoms with E-state index in [0.29, 0.717) is 40.6 Å². The molecule has 2 N–H and O–H groups in total. The molecule has 5 nitrogen and oxygen atoms in total. The Balaban J connectivity index is 1.47. The zero-order valence-electron chi connectivity index (χ0n) is 18.9. The van der Waals surface area contributed by atoms with E-state index in [1.165, 1.54) is 5.56 Å². The fourth-order valence-electron chi connectivity index (χ4n) is 4.25. The molecule has 4 rings (SSSR count). The summed E-state index contributed by atoms with van der Waals surface area (Å²) in [5, 5.41) is 12.7. The third-order valence-electron chi connectivity index (χ3n) is 6.06. The highest BCUT2D eigenvalue weighted by atomic mass is 35.5. The Morgan fingerprint density at radius 1 is 1.06 bits per heavy atom. The largest absolute Gasteiger partial charge is 0.493 e. The van der Waals surface area contributed by atoms with E-state index in [1.807, 2.05) is 44.2 Å². The zero-order chi connectivity index (χ0) is 24.4. The molecule has 0 spiro atoms. The van der Waals surface area contributed by atoms with Crippen LogP contribution in [0.1, 0.15) is 45.0 Å². The van der Waals surface area contributed by atoms with Gasteiger partial charge in [-0.05, 0) is 72.7 Å². The van der Waals surface area contributed by atoms with Gasteiger partial charge in [-0.15, -0.1) is 0 Å². The Labute approximate surface area is 208 Å². The van der Waals surface area contributed by atoms with E-state index in [0.717, 1.165) is 17.5 Å². The Kier molecular flexibility index (Phi) is 7.15. The maximum absolute atomic E-state index is 13.1. The number of rotatable bonds is 8. The third-order valence-corrected chi connectivity index (χ3v) is 6.87. The summed E-state index contributed by atoms with van der Waals surface area (Å²) < 4.78 is 5.92. The third kappa shape index (κ3) is 5.37. The van der Waals surface area contributed by atoms with Crippen LogP contribution in [-0.4, -0.2) is 23.6 Å². The summed E-state index contributed by atoms with van der Waals surface area (Å²) in [6.45, 7) is 4.28. The molecule has 0 heterocycles. The van der Waals surface area contributed by atoms with E-state index in [2.05, 4.69) is 17.4 Å². The summed E-state index contributed by atoms with van der Waals surface area (Å²) in [5.74, 6) is -1.09. The Morgan fingerprint density at radius 2 is 1.74 bits per heavy atom. The number of hydrogen-bond acceptors (Lipinski definition) is 3. The molecule has 2 atom stereocenters. The number of nitrogens with one attached hydrogen (secondary N) is 1. The predicted octanol–water partition coefficient (Wildman–Crippen LogP) is 6.67. The smallest absolute Gasteiger partial charge is 0.307 e. The second-order valence-electron chi connectivity index (χ2n) is 8.62. The monoisotopic (exact) mass is 497 g/mol. The lowest BCUT2D eigenvalue weighted by atomic mass is 10.0. The van der Waals surface area contributed by atoms with Crippen molar-refractivity contribution in [2.75, 3.05) is 11.9 Å². The molecule has 1 amide bonds. The van der Waals surface area contributed by atoms with Gasteiger partial charge >= 0.3 is 5.97 Å². The molecule has 1 aliphatic carbocycles. The second-order valence-corrected chi connectivity index (χ2v) is 9.40. The molecule has 0 aromatic heterocycles. The molecule has 3 aromatic carbocycles. The molecular weight excluding hydrogens is 473 g/mol. The maximum atomic E-state index is 13.1. The van der Waals surface area contributed by atoms with E-state index in [-0.39, 0.29) is 16.8 Å². The number of halogens is 2. The number of carboxylic acid groups (broad SMARTS) is 1. The molecule has 176 valence electrons. The summed E-state index contributed by atoms with van der Waals surface area (Å²) in [6, 6.07) is 17.1. The Bertz CT molecular complexity index is 1220. The maximum Gasteiger partial charge on any atom is 0.307 e. The van der Waals surface area contributed by atoms with E-state index in [4.69, 9.17) is 27.9 Å². The lowest BCUT2D eigenvalue weighted by Crippen LogP contribution is -2.15. The van der Waals surface area contributed by atoms with E-state index >= 15 is 0 Å². The van der Waals surface area contributed by atoms with Gasteiger partial charge in [0, 0.05) is 17.7 Å². The molecule has 1 fully saturated rings. The van der Waals surface area contributed by atoms with Gasteiger partial charge in [0.15, 0.2) is 0 Å². The summed E-state index contributed by atoms with van der Waals surface area (Å²) >= 11 is 12.6. The quantitative estimate of drug-likeness (QED) is 0.364. The predicted molar refractivity (Wildman–Crippen MR) is 134 cm³/mol. The van der Waals surface area contributed by atoms with Crippen LogP contribution in [0.15, 0.2) is 54.6 Å². The average molecular weight is 498 g/mol. The fourth-order valence-corrected chi connectivity index (χ4v) is 4.73. The first kappa shape index (κ1) is 24.1. The molecule has 34 heavy (non-hydrogen) atoms. The minimum atomic E-state index is -0.857. The van der Waals surface area contributed by atoms with Crippen molar-refractivity contribution in [3.63, 3.8) is 0 Å². The second kappa shape index (κ2) is 10.1. The van der Waals surface area contributed by atoms with Crippen LogP contribution in [0.25, 0.3) is 0 Å². The topological polar surface area (TPSA) is 75.6 Å². The number of ether oxygens (including phenoxy) is 1. The van der Waals surface area contributed by atoms with Gasteiger partial charge in [-0.2, -0.15) is 0 Å². The van der Waals surface area contributed by atoms with E-state index in [1.54, 1.807) is 12.1 Å². The van der Waals surface area contributed by atoms with Crippen molar-refractivity contribution in [1.82, 2.24) is 0 Å². The Morgan fingerprint density at radius 3 is 2.35 bits per heavy atom. The first-order chi connectivity index (χ1) is 16.2. The van der Waals surface area contributed by atoms with Crippen LogP contribution in [0.4, 0.5) is 5.69 Å². The van der Waals surface area contributed by atoms with Crippen molar-refractivity contribution < 1.29 is 19.4 Å². The molecule has 0 radical (unpaired) electrons. The van der Waals surface area contributed by atoms with Gasteiger partial charge in [-0.1, -0.05) is 53.5 Å². The van der Waals surface area contributed by atoms with Crippen LogP contribution in [0.3, 0.4) is 0 Å². The van der Waals surface area contributed by atoms with Crippen LogP contribution in [0.2, 0.25) is 10.0 Å². The fraction of sp³-hybridized carbons (Fsp3) is 0.259. The number of amides is 1. The van der Waals surface area contributed by atoms with Crippen LogP contribution >= 0.6 is 23.2 Å². The number of hydrogen-bond donors (Lipinski definition) is 2. The molecule has 0 bridgehead atoms. The molecular formula is C27H25Cl2NO4. The average Bonchev–Trinajstić information content (AvgIpc) is 3.57. The summed E-state index contributed by atoms with van der Waals surface area (Å²) in [5.41, 5.74) is 4.47. The summed E-state index contributed by atoms with van der Waals surface area (Å²) in [7, 11) is 0. The molecule has 1 saturated carbocycles. The number of carbonyl (C=O) groups is 2. The van der Waals surface area contributed by atoms with Gasteiger partial charge in [0.25, 0.3) is 5.91 Å². The van der Waals surface area contributed by atoms with Crippen LogP contribution in [-0.2, 0) is 11.2 Å². The number of aliphatic carboxylic acids is 1. The van der Waals surface area contributed by atoms with Gasteiger partial charge in [0.2, 0.25) is 0 Å². The number of anilines is 1. The molecule has 0 unspecified atom stereocenters. The van der Waals surface area contributed by atoms with Gasteiger partial charge < -0.3 is 15.2 Å². The highest BCUT2D eigenvalue weighted by molar-refractivity contribution is 6.42. The number of aryl methyl sites for hydroxylation is 2. The molecule has 7 heteroatoms. The first-order valence-corrected chi connectivity index (χ1v) is 11.8. The highest BCUT2D eigenvalue weighted by Crippen LogP contribution is 2.51. The SMILES string of the molecule is Cc1cc(OCCc2ccccc2)cc(C)c1C(=O)Nc1cc(Cl)c(Cl)c([C@@H]2C[C@@H]2C(=O)O)c1. The van der Waals surface area contributed by atoms with Crippen molar-refractivity contribution in [2.45, 2.75) is 32.6 Å². The van der Waals surface area contributed by atoms with Gasteiger partial charge in [-0.3, -0.25) is 9.59 Å². The number of benzene rings is 3. The zero-order valence-corrected chi connectivity index (χ0v) is 20.4. The van der Waals surface area contributed by atoms with Crippen LogP contribution < -0.4 is 10.1 Å². The molecule has 1 aliphatic rings. The lowest BCUT2D eigenvalue weighted by Gasteiger charge is -2.15. The summed E-state index contributed by atoms with van der Waals surface area (Å²) in [4.78, 5) is 24.4. The Hall–Kier alpha value is -3.02. The van der Waals surface area contributed by atoms with Gasteiger partial charge in [0.05, 0.1) is 22.6 Å². The minimum absolute atomic E-state index is 0.199. The van der Waals surface area contributed by atoms with E-state index < -0.39 is 11.9 Å². The van der Waals surface area contributed by atoms with Crippen molar-refractivity contribution >= 4 is 40.8 Å². The first-order valence-electron chi connectivity index (χ1n) is 11.1.